The van der Waals surface area contributed by atoms with Gasteiger partial charge in [0.2, 0.25) is 5.91 Å². The van der Waals surface area contributed by atoms with Gasteiger partial charge in [0.15, 0.2) is 0 Å². The van der Waals surface area contributed by atoms with Crippen molar-refractivity contribution in [3.05, 3.63) is 154 Å². The molecule has 48 heavy (non-hydrogen) atoms. The molecule has 1 atom stereocenters. The normalized spacial score (nSPS) is 11.7. The molecule has 0 radical (unpaired) electrons. The Morgan fingerprint density at radius 3 is 1.85 bits per heavy atom. The van der Waals surface area contributed by atoms with Gasteiger partial charge >= 0.3 is 5.69 Å². The van der Waals surface area contributed by atoms with Crippen LogP contribution in [0.4, 0.5) is 5.82 Å². The fourth-order valence-corrected chi connectivity index (χ4v) is 5.26. The number of ether oxygens (including phenoxy) is 3. The van der Waals surface area contributed by atoms with E-state index in [0.29, 0.717) is 17.1 Å². The second kappa shape index (κ2) is 15.7. The Morgan fingerprint density at radius 1 is 0.792 bits per heavy atom. The van der Waals surface area contributed by atoms with Gasteiger partial charge in [0, 0.05) is 11.8 Å². The number of carbonyl (C=O) groups is 2. The molecule has 5 rings (SSSR count). The molecule has 0 saturated heterocycles. The van der Waals surface area contributed by atoms with Gasteiger partial charge in [-0.05, 0) is 59.2 Å². The van der Waals surface area contributed by atoms with Crippen molar-refractivity contribution >= 4 is 17.6 Å². The third-order valence-electron chi connectivity index (χ3n) is 7.73. The number of aliphatic hydroxyl groups excluding tert-OH is 1. The zero-order valence-corrected chi connectivity index (χ0v) is 26.5. The molecule has 246 valence electrons. The summed E-state index contributed by atoms with van der Waals surface area (Å²) in [5, 5.41) is 15.6. The Labute approximate surface area is 277 Å². The molecule has 0 spiro atoms. The minimum Gasteiger partial charge on any atom is -0.497 e. The second-order valence-corrected chi connectivity index (χ2v) is 10.8. The Kier molecular flexibility index (Phi) is 11.0. The zero-order valence-electron chi connectivity index (χ0n) is 26.5. The van der Waals surface area contributed by atoms with Gasteiger partial charge < -0.3 is 30.0 Å². The number of methoxy groups -OCH3 is 2. The van der Waals surface area contributed by atoms with Crippen LogP contribution in [0.15, 0.2) is 126 Å². The van der Waals surface area contributed by atoms with Crippen molar-refractivity contribution in [2.24, 2.45) is 0 Å². The van der Waals surface area contributed by atoms with Gasteiger partial charge in [0.05, 0.1) is 33.5 Å². The molecule has 1 unspecified atom stereocenters. The first-order valence-electron chi connectivity index (χ1n) is 15.2. The minimum absolute atomic E-state index is 0.0569. The molecule has 0 aliphatic carbocycles. The summed E-state index contributed by atoms with van der Waals surface area (Å²) in [5.74, 6) is 0.447. The number of rotatable bonds is 14. The molecule has 1 heterocycles. The number of hydrogen-bond acceptors (Lipinski definition) is 8. The minimum atomic E-state index is -1.15. The number of carbonyl (C=O) groups excluding carboxylic acids is 2. The van der Waals surface area contributed by atoms with Crippen molar-refractivity contribution in [2.75, 3.05) is 32.8 Å². The van der Waals surface area contributed by atoms with E-state index < -0.39 is 35.8 Å². The third kappa shape index (κ3) is 7.77. The molecule has 4 aromatic carbocycles. The van der Waals surface area contributed by atoms with Crippen LogP contribution in [0.25, 0.3) is 0 Å². The fourth-order valence-electron chi connectivity index (χ4n) is 5.26. The first-order valence-corrected chi connectivity index (χ1v) is 15.2. The first kappa shape index (κ1) is 33.6. The Hall–Kier alpha value is -5.78. The summed E-state index contributed by atoms with van der Waals surface area (Å²) in [6.45, 7) is -0.887. The lowest BCUT2D eigenvalue weighted by Gasteiger charge is -2.37. The number of anilines is 1. The summed E-state index contributed by atoms with van der Waals surface area (Å²) in [6, 6.07) is 33.8. The van der Waals surface area contributed by atoms with Crippen LogP contribution >= 0.6 is 0 Å². The van der Waals surface area contributed by atoms with Gasteiger partial charge in [-0.1, -0.05) is 72.8 Å². The van der Waals surface area contributed by atoms with E-state index in [4.69, 9.17) is 14.2 Å². The van der Waals surface area contributed by atoms with Gasteiger partial charge in [0.25, 0.3) is 5.91 Å². The number of nitrogens with one attached hydrogen (secondary N) is 2. The summed E-state index contributed by atoms with van der Waals surface area (Å²) in [4.78, 5) is 42.1. The SMILES string of the molecule is COc1ccc(C(OCC(CO)NC(=O)Cn2ccc(NC(=O)c3ccccc3)nc2=O)(c2ccccc2)c2ccc(OC)cc2)cc1. The zero-order chi connectivity index (χ0) is 33.9. The molecule has 11 nitrogen and oxygen atoms in total. The van der Waals surface area contributed by atoms with Gasteiger partial charge in [0.1, 0.15) is 29.5 Å². The molecule has 5 aromatic rings. The Morgan fingerprint density at radius 2 is 1.33 bits per heavy atom. The molecule has 0 aliphatic rings. The number of hydrogen-bond donors (Lipinski definition) is 3. The topological polar surface area (TPSA) is 141 Å². The second-order valence-electron chi connectivity index (χ2n) is 10.8. The standard InChI is InChI=1S/C37H36N4O7/c1-46-31-17-13-28(14-18-31)37(27-11-7-4-8-12-27,29-15-19-32(47-2)20-16-29)48-25-30(24-42)38-34(43)23-41-22-21-33(40-36(41)45)39-35(44)26-9-5-3-6-10-26/h3-22,30,42H,23-25H2,1-2H3,(H,38,43)(H,39,40,44,45). The van der Waals surface area contributed by atoms with E-state index in [1.54, 1.807) is 44.6 Å². The molecule has 2 amide bonds. The molecule has 0 fully saturated rings. The largest absolute Gasteiger partial charge is 0.497 e. The predicted octanol–water partition coefficient (Wildman–Crippen LogP) is 4.00. The van der Waals surface area contributed by atoms with Gasteiger partial charge in [-0.15, -0.1) is 0 Å². The van der Waals surface area contributed by atoms with Gasteiger partial charge in [-0.2, -0.15) is 4.98 Å². The van der Waals surface area contributed by atoms with E-state index in [1.807, 2.05) is 78.9 Å². The highest BCUT2D eigenvalue weighted by Crippen LogP contribution is 2.41. The number of nitrogens with zero attached hydrogens (tertiary/aromatic N) is 2. The van der Waals surface area contributed by atoms with E-state index in [-0.39, 0.29) is 19.0 Å². The van der Waals surface area contributed by atoms with Crippen molar-refractivity contribution in [1.29, 1.82) is 0 Å². The average Bonchev–Trinajstić information content (AvgIpc) is 3.13. The summed E-state index contributed by atoms with van der Waals surface area (Å²) in [5.41, 5.74) is 0.934. The van der Waals surface area contributed by atoms with Crippen LogP contribution in [0, 0.1) is 0 Å². The number of amides is 2. The highest BCUT2D eigenvalue weighted by molar-refractivity contribution is 6.03. The van der Waals surface area contributed by atoms with Crippen LogP contribution in [-0.4, -0.2) is 59.9 Å². The van der Waals surface area contributed by atoms with E-state index >= 15 is 0 Å². The number of aliphatic hydroxyl groups is 1. The lowest BCUT2D eigenvalue weighted by atomic mass is 9.80. The van der Waals surface area contributed by atoms with Crippen molar-refractivity contribution in [2.45, 2.75) is 18.2 Å². The maximum atomic E-state index is 13.1. The van der Waals surface area contributed by atoms with E-state index in [9.17, 15) is 19.5 Å². The van der Waals surface area contributed by atoms with Crippen LogP contribution in [0.3, 0.4) is 0 Å². The monoisotopic (exact) mass is 648 g/mol. The Balaban J connectivity index is 1.35. The lowest BCUT2D eigenvalue weighted by molar-refractivity contribution is -0.123. The molecule has 11 heteroatoms. The molecule has 0 saturated carbocycles. The quantitative estimate of drug-likeness (QED) is 0.154. The lowest BCUT2D eigenvalue weighted by Crippen LogP contribution is -2.46. The summed E-state index contributed by atoms with van der Waals surface area (Å²) in [7, 11) is 3.19. The maximum Gasteiger partial charge on any atom is 0.349 e. The summed E-state index contributed by atoms with van der Waals surface area (Å²) in [6.07, 6.45) is 1.37. The van der Waals surface area contributed by atoms with E-state index in [0.717, 1.165) is 21.3 Å². The summed E-state index contributed by atoms with van der Waals surface area (Å²) < 4.78 is 18.7. The molecule has 0 aliphatic heterocycles. The highest BCUT2D eigenvalue weighted by Gasteiger charge is 2.38. The van der Waals surface area contributed by atoms with Crippen molar-refractivity contribution in [1.82, 2.24) is 14.9 Å². The molecule has 0 bridgehead atoms. The smallest absolute Gasteiger partial charge is 0.349 e. The van der Waals surface area contributed by atoms with Gasteiger partial charge in [-0.25, -0.2) is 4.79 Å². The molecule has 3 N–H and O–H groups in total. The van der Waals surface area contributed by atoms with E-state index in [1.165, 1.54) is 12.3 Å². The van der Waals surface area contributed by atoms with Crippen LogP contribution in [0.2, 0.25) is 0 Å². The van der Waals surface area contributed by atoms with Crippen LogP contribution in [-0.2, 0) is 21.7 Å². The van der Waals surface area contributed by atoms with Crippen LogP contribution < -0.4 is 25.8 Å². The van der Waals surface area contributed by atoms with Crippen molar-refractivity contribution in [3.63, 3.8) is 0 Å². The number of aromatic nitrogens is 2. The maximum absolute atomic E-state index is 13.1. The summed E-state index contributed by atoms with van der Waals surface area (Å²) >= 11 is 0. The average molecular weight is 649 g/mol. The molecule has 1 aromatic heterocycles. The highest BCUT2D eigenvalue weighted by atomic mass is 16.5. The van der Waals surface area contributed by atoms with E-state index in [2.05, 4.69) is 15.6 Å². The van der Waals surface area contributed by atoms with Crippen LogP contribution in [0.1, 0.15) is 27.0 Å². The molecular formula is C37H36N4O7. The predicted molar refractivity (Wildman–Crippen MR) is 180 cm³/mol. The van der Waals surface area contributed by atoms with Crippen LogP contribution in [0.5, 0.6) is 11.5 Å². The van der Waals surface area contributed by atoms with Crippen molar-refractivity contribution in [3.8, 4) is 11.5 Å². The van der Waals surface area contributed by atoms with Crippen molar-refractivity contribution < 1.29 is 28.9 Å². The van der Waals surface area contributed by atoms with Gasteiger partial charge in [-0.3, -0.25) is 14.2 Å². The third-order valence-corrected chi connectivity index (χ3v) is 7.73. The Bertz CT molecular complexity index is 1820. The molecular weight excluding hydrogens is 612 g/mol. The fraction of sp³-hybridized carbons (Fsp3) is 0.189. The first-order chi connectivity index (χ1) is 23.4. The number of benzene rings is 4.